The van der Waals surface area contributed by atoms with Gasteiger partial charge in [-0.1, -0.05) is 30.0 Å². The highest BCUT2D eigenvalue weighted by molar-refractivity contribution is 5.86. The Morgan fingerprint density at radius 2 is 2.12 bits per heavy atom. The highest BCUT2D eigenvalue weighted by Crippen LogP contribution is 2.49. The lowest BCUT2D eigenvalue weighted by molar-refractivity contribution is -0.140. The van der Waals surface area contributed by atoms with Crippen LogP contribution in [0.25, 0.3) is 0 Å². The van der Waals surface area contributed by atoms with Crippen molar-refractivity contribution in [1.29, 1.82) is 0 Å². The summed E-state index contributed by atoms with van der Waals surface area (Å²) in [5.41, 5.74) is 6.36. The largest absolute Gasteiger partial charge is 0.481 e. The number of benzene rings is 1. The molecule has 88 valence electrons. The summed E-state index contributed by atoms with van der Waals surface area (Å²) in [6, 6.07) is 7.50. The highest BCUT2D eigenvalue weighted by atomic mass is 16.4. The second kappa shape index (κ2) is 4.60. The van der Waals surface area contributed by atoms with Gasteiger partial charge < -0.3 is 10.8 Å². The predicted octanol–water partition coefficient (Wildman–Crippen LogP) is 1.50. The minimum Gasteiger partial charge on any atom is -0.481 e. The molecule has 1 aliphatic rings. The topological polar surface area (TPSA) is 63.3 Å². The van der Waals surface area contributed by atoms with Gasteiger partial charge in [0.2, 0.25) is 0 Å². The third kappa shape index (κ3) is 2.17. The predicted molar refractivity (Wildman–Crippen MR) is 65.5 cm³/mol. The molecule has 0 amide bonds. The van der Waals surface area contributed by atoms with Crippen LogP contribution < -0.4 is 5.73 Å². The highest BCUT2D eigenvalue weighted by Gasteiger charge is 2.52. The first-order chi connectivity index (χ1) is 8.20. The standard InChI is InChI=1S/C14H15NO2/c15-10-4-3-6-11-5-1-2-7-12(11)14(8-9-14)13(16)17/h1-2,5,7H,4,8-10,15H2,(H,16,17). The van der Waals surface area contributed by atoms with Gasteiger partial charge in [-0.25, -0.2) is 0 Å². The summed E-state index contributed by atoms with van der Waals surface area (Å²) >= 11 is 0. The van der Waals surface area contributed by atoms with E-state index < -0.39 is 11.4 Å². The van der Waals surface area contributed by atoms with E-state index in [9.17, 15) is 9.90 Å². The Morgan fingerprint density at radius 1 is 1.41 bits per heavy atom. The molecule has 17 heavy (non-hydrogen) atoms. The average molecular weight is 229 g/mol. The van der Waals surface area contributed by atoms with Crippen molar-refractivity contribution in [1.82, 2.24) is 0 Å². The van der Waals surface area contributed by atoms with Crippen molar-refractivity contribution in [3.63, 3.8) is 0 Å². The number of nitrogens with two attached hydrogens (primary N) is 1. The van der Waals surface area contributed by atoms with Gasteiger partial charge in [-0.3, -0.25) is 4.79 Å². The van der Waals surface area contributed by atoms with Crippen LogP contribution >= 0.6 is 0 Å². The molecule has 1 fully saturated rings. The molecule has 1 aromatic carbocycles. The molecule has 0 aliphatic heterocycles. The second-order valence-corrected chi connectivity index (χ2v) is 4.27. The van der Waals surface area contributed by atoms with Crippen LogP contribution in [0.2, 0.25) is 0 Å². The molecule has 2 rings (SSSR count). The van der Waals surface area contributed by atoms with Crippen LogP contribution in [0.5, 0.6) is 0 Å². The minimum absolute atomic E-state index is 0.527. The fraction of sp³-hybridized carbons (Fsp3) is 0.357. The van der Waals surface area contributed by atoms with E-state index in [-0.39, 0.29) is 0 Å². The maximum atomic E-state index is 11.3. The van der Waals surface area contributed by atoms with Crippen molar-refractivity contribution in [2.24, 2.45) is 5.73 Å². The molecular weight excluding hydrogens is 214 g/mol. The SMILES string of the molecule is NCCC#Cc1ccccc1C1(C(=O)O)CC1. The Labute approximate surface area is 101 Å². The van der Waals surface area contributed by atoms with E-state index in [1.165, 1.54) is 0 Å². The van der Waals surface area contributed by atoms with Gasteiger partial charge in [0.1, 0.15) is 0 Å². The number of rotatable bonds is 3. The molecule has 0 atom stereocenters. The number of carboxylic acids is 1. The molecule has 0 unspecified atom stereocenters. The Bertz CT molecular complexity index is 492. The molecule has 0 saturated heterocycles. The van der Waals surface area contributed by atoms with Gasteiger partial charge in [0.05, 0.1) is 5.41 Å². The average Bonchev–Trinajstić information content (AvgIpc) is 3.11. The molecule has 0 spiro atoms. The lowest BCUT2D eigenvalue weighted by Crippen LogP contribution is -2.20. The summed E-state index contributed by atoms with van der Waals surface area (Å²) in [5.74, 6) is 5.24. The third-order valence-corrected chi connectivity index (χ3v) is 3.09. The van der Waals surface area contributed by atoms with Crippen LogP contribution in [0, 0.1) is 11.8 Å². The van der Waals surface area contributed by atoms with Crippen LogP contribution in [-0.2, 0) is 10.2 Å². The van der Waals surface area contributed by atoms with E-state index in [2.05, 4.69) is 11.8 Å². The Balaban J connectivity index is 2.36. The van der Waals surface area contributed by atoms with Crippen molar-refractivity contribution in [2.75, 3.05) is 6.54 Å². The molecule has 0 bridgehead atoms. The molecule has 1 aromatic rings. The summed E-state index contributed by atoms with van der Waals surface area (Å²) in [6.07, 6.45) is 2.05. The lowest BCUT2D eigenvalue weighted by atomic mass is 9.91. The maximum Gasteiger partial charge on any atom is 0.314 e. The van der Waals surface area contributed by atoms with E-state index in [1.54, 1.807) is 0 Å². The lowest BCUT2D eigenvalue weighted by Gasteiger charge is -2.12. The fourth-order valence-electron chi connectivity index (χ4n) is 1.96. The third-order valence-electron chi connectivity index (χ3n) is 3.09. The van der Waals surface area contributed by atoms with Gasteiger partial charge in [-0.15, -0.1) is 0 Å². The molecule has 3 heteroatoms. The summed E-state index contributed by atoms with van der Waals surface area (Å²) in [7, 11) is 0. The number of carboxylic acid groups (broad SMARTS) is 1. The monoisotopic (exact) mass is 229 g/mol. The van der Waals surface area contributed by atoms with Crippen LogP contribution in [0.3, 0.4) is 0 Å². The van der Waals surface area contributed by atoms with Crippen molar-refractivity contribution in [3.05, 3.63) is 35.4 Å². The smallest absolute Gasteiger partial charge is 0.314 e. The zero-order chi connectivity index (χ0) is 12.3. The first-order valence-electron chi connectivity index (χ1n) is 5.72. The molecule has 0 heterocycles. The van der Waals surface area contributed by atoms with E-state index in [1.807, 2.05) is 24.3 Å². The first kappa shape index (κ1) is 11.7. The summed E-state index contributed by atoms with van der Waals surface area (Å²) in [6.45, 7) is 0.527. The summed E-state index contributed by atoms with van der Waals surface area (Å²) in [5, 5.41) is 9.29. The molecular formula is C14H15NO2. The normalized spacial score (nSPS) is 15.8. The van der Waals surface area contributed by atoms with Crippen molar-refractivity contribution >= 4 is 5.97 Å². The second-order valence-electron chi connectivity index (χ2n) is 4.27. The number of hydrogen-bond donors (Lipinski definition) is 2. The Hall–Kier alpha value is -1.79. The maximum absolute atomic E-state index is 11.3. The molecule has 3 N–H and O–H groups in total. The van der Waals surface area contributed by atoms with E-state index in [4.69, 9.17) is 5.73 Å². The van der Waals surface area contributed by atoms with Crippen molar-refractivity contribution in [2.45, 2.75) is 24.7 Å². The van der Waals surface area contributed by atoms with Crippen LogP contribution in [-0.4, -0.2) is 17.6 Å². The summed E-state index contributed by atoms with van der Waals surface area (Å²) < 4.78 is 0. The zero-order valence-electron chi connectivity index (χ0n) is 9.57. The van der Waals surface area contributed by atoms with Gasteiger partial charge in [-0.05, 0) is 24.5 Å². The number of aliphatic carboxylic acids is 1. The van der Waals surface area contributed by atoms with Gasteiger partial charge >= 0.3 is 5.97 Å². The zero-order valence-corrected chi connectivity index (χ0v) is 9.57. The number of carbonyl (C=O) groups is 1. The molecule has 3 nitrogen and oxygen atoms in total. The first-order valence-corrected chi connectivity index (χ1v) is 5.72. The van der Waals surface area contributed by atoms with E-state index >= 15 is 0 Å². The quantitative estimate of drug-likeness (QED) is 0.772. The molecule has 0 radical (unpaired) electrons. The van der Waals surface area contributed by atoms with Gasteiger partial charge in [0, 0.05) is 18.5 Å². The van der Waals surface area contributed by atoms with Gasteiger partial charge in [-0.2, -0.15) is 0 Å². The van der Waals surface area contributed by atoms with E-state index in [0.29, 0.717) is 25.8 Å². The Morgan fingerprint density at radius 3 is 2.71 bits per heavy atom. The Kier molecular flexibility index (Phi) is 3.16. The van der Waals surface area contributed by atoms with E-state index in [0.717, 1.165) is 11.1 Å². The van der Waals surface area contributed by atoms with Crippen molar-refractivity contribution in [3.8, 4) is 11.8 Å². The molecule has 0 aromatic heterocycles. The van der Waals surface area contributed by atoms with Crippen molar-refractivity contribution < 1.29 is 9.90 Å². The number of hydrogen-bond acceptors (Lipinski definition) is 2. The summed E-state index contributed by atoms with van der Waals surface area (Å²) in [4.78, 5) is 11.3. The minimum atomic E-state index is -0.745. The van der Waals surface area contributed by atoms with Crippen LogP contribution in [0.15, 0.2) is 24.3 Å². The van der Waals surface area contributed by atoms with Gasteiger partial charge in [0.15, 0.2) is 0 Å². The van der Waals surface area contributed by atoms with Crippen LogP contribution in [0.4, 0.5) is 0 Å². The van der Waals surface area contributed by atoms with Crippen LogP contribution in [0.1, 0.15) is 30.4 Å². The molecule has 1 aliphatic carbocycles. The van der Waals surface area contributed by atoms with Gasteiger partial charge in [0.25, 0.3) is 0 Å². The molecule has 1 saturated carbocycles. The fourth-order valence-corrected chi connectivity index (χ4v) is 1.96.